The molecule has 0 spiro atoms. The van der Waals surface area contributed by atoms with Crippen LogP contribution in [0.4, 0.5) is 0 Å². The summed E-state index contributed by atoms with van der Waals surface area (Å²) < 4.78 is 0. The summed E-state index contributed by atoms with van der Waals surface area (Å²) in [4.78, 5) is 2.42. The summed E-state index contributed by atoms with van der Waals surface area (Å²) in [5.41, 5.74) is 7.21. The molecule has 0 aromatic carbocycles. The van der Waals surface area contributed by atoms with Crippen LogP contribution in [0.2, 0.25) is 0 Å². The van der Waals surface area contributed by atoms with Gasteiger partial charge < -0.3 is 10.8 Å². The van der Waals surface area contributed by atoms with Gasteiger partial charge in [0.05, 0.1) is 0 Å². The molecule has 1 aromatic heterocycles. The van der Waals surface area contributed by atoms with Gasteiger partial charge in [-0.2, -0.15) is 11.3 Å². The van der Waals surface area contributed by atoms with Crippen LogP contribution >= 0.6 is 11.3 Å². The maximum Gasteiger partial charge on any atom is 0.0478 e. The number of aliphatic hydroxyl groups is 1. The van der Waals surface area contributed by atoms with E-state index in [0.29, 0.717) is 25.1 Å². The van der Waals surface area contributed by atoms with Crippen LogP contribution in [0.3, 0.4) is 0 Å². The van der Waals surface area contributed by atoms with Crippen molar-refractivity contribution in [3.05, 3.63) is 22.4 Å². The summed E-state index contributed by atoms with van der Waals surface area (Å²) >= 11 is 1.72. The van der Waals surface area contributed by atoms with Crippen LogP contribution in [0.1, 0.15) is 24.4 Å². The van der Waals surface area contributed by atoms with E-state index >= 15 is 0 Å². The Morgan fingerprint density at radius 1 is 1.62 bits per heavy atom. The molecular weight excluding hydrogens is 220 g/mol. The van der Waals surface area contributed by atoms with Gasteiger partial charge >= 0.3 is 0 Å². The number of likely N-dealkylation sites (tertiary alicyclic amines) is 1. The van der Waals surface area contributed by atoms with Crippen molar-refractivity contribution in [2.24, 2.45) is 11.7 Å². The van der Waals surface area contributed by atoms with Gasteiger partial charge in [-0.15, -0.1) is 0 Å². The summed E-state index contributed by atoms with van der Waals surface area (Å²) in [6.07, 6.45) is 2.32. The molecule has 0 aliphatic carbocycles. The molecule has 4 heteroatoms. The van der Waals surface area contributed by atoms with Crippen molar-refractivity contribution < 1.29 is 5.11 Å². The van der Waals surface area contributed by atoms with Crippen molar-refractivity contribution in [2.45, 2.75) is 18.9 Å². The zero-order chi connectivity index (χ0) is 11.4. The first kappa shape index (κ1) is 12.0. The van der Waals surface area contributed by atoms with Crippen molar-refractivity contribution in [1.82, 2.24) is 4.90 Å². The Balaban J connectivity index is 2.03. The number of piperidine rings is 1. The largest absolute Gasteiger partial charge is 0.396 e. The highest BCUT2D eigenvalue weighted by Crippen LogP contribution is 2.27. The Labute approximate surface area is 101 Å². The zero-order valence-corrected chi connectivity index (χ0v) is 10.3. The summed E-state index contributed by atoms with van der Waals surface area (Å²) in [6, 6.07) is 2.49. The van der Waals surface area contributed by atoms with E-state index in [0.717, 1.165) is 19.5 Å². The first-order valence-electron chi connectivity index (χ1n) is 5.92. The second kappa shape index (κ2) is 5.77. The fourth-order valence-corrected chi connectivity index (χ4v) is 3.20. The first-order chi connectivity index (χ1) is 7.85. The molecule has 0 amide bonds. The second-order valence-electron chi connectivity index (χ2n) is 4.49. The number of nitrogens with zero attached hydrogens (tertiary/aromatic N) is 1. The standard InChI is InChI=1S/C12H20N2OS/c13-6-12(11-3-5-16-9-11)14-4-1-2-10(7-14)8-15/h3,5,9-10,12,15H,1-2,4,6-8,13H2. The summed E-state index contributed by atoms with van der Waals surface area (Å²) in [5.74, 6) is 0.432. The molecule has 90 valence electrons. The van der Waals surface area contributed by atoms with E-state index in [1.807, 2.05) is 0 Å². The number of hydrogen-bond acceptors (Lipinski definition) is 4. The number of hydrogen-bond donors (Lipinski definition) is 2. The summed E-state index contributed by atoms with van der Waals surface area (Å²) in [7, 11) is 0. The lowest BCUT2D eigenvalue weighted by atomic mass is 9.96. The molecule has 2 atom stereocenters. The van der Waals surface area contributed by atoms with Crippen molar-refractivity contribution in [1.29, 1.82) is 0 Å². The molecular formula is C12H20N2OS. The predicted octanol–water partition coefficient (Wildman–Crippen LogP) is 1.45. The lowest BCUT2D eigenvalue weighted by Gasteiger charge is -2.37. The molecule has 2 unspecified atom stereocenters. The number of aliphatic hydroxyl groups excluding tert-OH is 1. The van der Waals surface area contributed by atoms with Gasteiger partial charge in [-0.3, -0.25) is 4.90 Å². The Morgan fingerprint density at radius 2 is 2.50 bits per heavy atom. The average Bonchev–Trinajstić information content (AvgIpc) is 2.84. The van der Waals surface area contributed by atoms with Gasteiger partial charge in [0.25, 0.3) is 0 Å². The molecule has 1 fully saturated rings. The van der Waals surface area contributed by atoms with Gasteiger partial charge in [0, 0.05) is 25.7 Å². The van der Waals surface area contributed by atoms with E-state index in [1.165, 1.54) is 12.0 Å². The highest BCUT2D eigenvalue weighted by molar-refractivity contribution is 7.07. The van der Waals surface area contributed by atoms with Crippen molar-refractivity contribution in [3.63, 3.8) is 0 Å². The topological polar surface area (TPSA) is 49.5 Å². The summed E-state index contributed by atoms with van der Waals surface area (Å²) in [5, 5.41) is 13.5. The second-order valence-corrected chi connectivity index (χ2v) is 5.27. The van der Waals surface area contributed by atoms with Crippen molar-refractivity contribution >= 4 is 11.3 Å². The van der Waals surface area contributed by atoms with E-state index in [1.54, 1.807) is 11.3 Å². The van der Waals surface area contributed by atoms with Crippen LogP contribution in [0.15, 0.2) is 16.8 Å². The molecule has 1 aromatic rings. The molecule has 1 aliphatic heterocycles. The van der Waals surface area contributed by atoms with Gasteiger partial charge in [-0.1, -0.05) is 0 Å². The molecule has 16 heavy (non-hydrogen) atoms. The molecule has 3 nitrogen and oxygen atoms in total. The average molecular weight is 240 g/mol. The molecule has 1 aliphatic rings. The van der Waals surface area contributed by atoms with Gasteiger partial charge in [-0.05, 0) is 47.7 Å². The summed E-state index contributed by atoms with van der Waals surface area (Å²) in [6.45, 7) is 3.05. The zero-order valence-electron chi connectivity index (χ0n) is 9.51. The normalized spacial score (nSPS) is 24.5. The van der Waals surface area contributed by atoms with Gasteiger partial charge in [0.2, 0.25) is 0 Å². The van der Waals surface area contributed by atoms with E-state index in [4.69, 9.17) is 5.73 Å². The number of rotatable bonds is 4. The fraction of sp³-hybridized carbons (Fsp3) is 0.667. The van der Waals surface area contributed by atoms with Crippen LogP contribution in [0.5, 0.6) is 0 Å². The molecule has 0 bridgehead atoms. The molecule has 1 saturated heterocycles. The van der Waals surface area contributed by atoms with Crippen LogP contribution in [-0.2, 0) is 0 Å². The minimum Gasteiger partial charge on any atom is -0.396 e. The van der Waals surface area contributed by atoms with Crippen LogP contribution < -0.4 is 5.73 Å². The number of thiophene rings is 1. The minimum absolute atomic E-state index is 0.303. The quantitative estimate of drug-likeness (QED) is 0.837. The van der Waals surface area contributed by atoms with E-state index in [2.05, 4.69) is 21.7 Å². The lowest BCUT2D eigenvalue weighted by Crippen LogP contribution is -2.41. The predicted molar refractivity (Wildman–Crippen MR) is 67.5 cm³/mol. The first-order valence-corrected chi connectivity index (χ1v) is 6.86. The lowest BCUT2D eigenvalue weighted by molar-refractivity contribution is 0.0902. The van der Waals surface area contributed by atoms with Crippen LogP contribution in [0.25, 0.3) is 0 Å². The maximum absolute atomic E-state index is 9.24. The number of nitrogens with two attached hydrogens (primary N) is 1. The minimum atomic E-state index is 0.303. The van der Waals surface area contributed by atoms with Gasteiger partial charge in [0.1, 0.15) is 0 Å². The Morgan fingerprint density at radius 3 is 3.12 bits per heavy atom. The fourth-order valence-electron chi connectivity index (χ4n) is 2.49. The van der Waals surface area contributed by atoms with Gasteiger partial charge in [-0.25, -0.2) is 0 Å². The molecule has 3 N–H and O–H groups in total. The Bertz CT molecular complexity index is 302. The Hall–Kier alpha value is -0.420. The highest BCUT2D eigenvalue weighted by atomic mass is 32.1. The van der Waals surface area contributed by atoms with Crippen LogP contribution in [0, 0.1) is 5.92 Å². The third-order valence-electron chi connectivity index (χ3n) is 3.40. The van der Waals surface area contributed by atoms with E-state index in [9.17, 15) is 5.11 Å². The molecule has 0 radical (unpaired) electrons. The van der Waals surface area contributed by atoms with Gasteiger partial charge in [0.15, 0.2) is 0 Å². The third-order valence-corrected chi connectivity index (χ3v) is 4.10. The SMILES string of the molecule is NCC(c1ccsc1)N1CCCC(CO)C1. The third kappa shape index (κ3) is 2.63. The molecule has 0 saturated carbocycles. The van der Waals surface area contributed by atoms with E-state index < -0.39 is 0 Å². The molecule has 2 heterocycles. The van der Waals surface area contributed by atoms with E-state index in [-0.39, 0.29) is 0 Å². The van der Waals surface area contributed by atoms with Crippen LogP contribution in [-0.4, -0.2) is 36.2 Å². The molecule has 2 rings (SSSR count). The smallest absolute Gasteiger partial charge is 0.0478 e. The monoisotopic (exact) mass is 240 g/mol. The van der Waals surface area contributed by atoms with Crippen molar-refractivity contribution in [3.8, 4) is 0 Å². The van der Waals surface area contributed by atoms with Crippen molar-refractivity contribution in [2.75, 3.05) is 26.2 Å². The maximum atomic E-state index is 9.24. The Kier molecular flexibility index (Phi) is 4.35. The highest BCUT2D eigenvalue weighted by Gasteiger charge is 2.25.